The van der Waals surface area contributed by atoms with Crippen LogP contribution in [0.1, 0.15) is 5.56 Å². The van der Waals surface area contributed by atoms with Crippen LogP contribution in [0.4, 0.5) is 0 Å². The van der Waals surface area contributed by atoms with Crippen LogP contribution in [0.15, 0.2) is 34.8 Å². The Morgan fingerprint density at radius 1 is 1.05 bits per heavy atom. The van der Waals surface area contributed by atoms with E-state index in [0.29, 0.717) is 32.7 Å². The highest BCUT2D eigenvalue weighted by Gasteiger charge is 2.12. The highest BCUT2D eigenvalue weighted by molar-refractivity contribution is 9.10. The van der Waals surface area contributed by atoms with E-state index >= 15 is 0 Å². The number of benzene rings is 2. The van der Waals surface area contributed by atoms with Gasteiger partial charge in [0, 0.05) is 11.6 Å². The number of phenols is 1. The Labute approximate surface area is 125 Å². The van der Waals surface area contributed by atoms with Crippen LogP contribution in [0.25, 0.3) is 11.1 Å². The van der Waals surface area contributed by atoms with Crippen molar-refractivity contribution in [2.75, 3.05) is 14.2 Å². The van der Waals surface area contributed by atoms with E-state index in [1.165, 1.54) is 0 Å². The summed E-state index contributed by atoms with van der Waals surface area (Å²) in [6.07, 6.45) is 0. The Morgan fingerprint density at radius 2 is 1.65 bits per heavy atom. The largest absolute Gasteiger partial charge is 0.506 e. The molecule has 0 spiro atoms. The number of hydrogen-bond donors (Lipinski definition) is 1. The topological polar surface area (TPSA) is 62.5 Å². The lowest BCUT2D eigenvalue weighted by molar-refractivity contribution is 0.394. The van der Waals surface area contributed by atoms with Gasteiger partial charge in [-0.1, -0.05) is 0 Å². The SMILES string of the molecule is COc1cc(OC)cc(-c2cc(C#N)cc(Br)c2O)c1. The Hall–Kier alpha value is -2.19. The second-order valence-electron chi connectivity index (χ2n) is 4.07. The zero-order valence-electron chi connectivity index (χ0n) is 11.0. The molecule has 0 unspecified atom stereocenters. The molecule has 0 aliphatic carbocycles. The van der Waals surface area contributed by atoms with Crippen molar-refractivity contribution in [3.8, 4) is 34.4 Å². The summed E-state index contributed by atoms with van der Waals surface area (Å²) in [5.41, 5.74) is 1.69. The molecule has 1 N–H and O–H groups in total. The van der Waals surface area contributed by atoms with Crippen molar-refractivity contribution in [1.29, 1.82) is 5.26 Å². The van der Waals surface area contributed by atoms with Crippen molar-refractivity contribution < 1.29 is 14.6 Å². The van der Waals surface area contributed by atoms with Gasteiger partial charge >= 0.3 is 0 Å². The number of halogens is 1. The molecule has 5 heteroatoms. The third-order valence-corrected chi connectivity index (χ3v) is 3.46. The standard InChI is InChI=1S/C15H12BrNO3/c1-19-11-5-10(6-12(7-11)20-2)13-3-9(8-17)4-14(16)15(13)18/h3-7,18H,1-2H3. The molecule has 0 fully saturated rings. The molecule has 2 aromatic carbocycles. The summed E-state index contributed by atoms with van der Waals surface area (Å²) in [6, 6.07) is 10.5. The molecule has 102 valence electrons. The summed E-state index contributed by atoms with van der Waals surface area (Å²) in [4.78, 5) is 0. The predicted molar refractivity (Wildman–Crippen MR) is 79.1 cm³/mol. The molecule has 0 aliphatic heterocycles. The maximum Gasteiger partial charge on any atom is 0.137 e. The number of nitriles is 1. The maximum atomic E-state index is 10.2. The molecule has 20 heavy (non-hydrogen) atoms. The summed E-state index contributed by atoms with van der Waals surface area (Å²) in [5.74, 6) is 1.29. The molecule has 0 radical (unpaired) electrons. The molecule has 2 aromatic rings. The quantitative estimate of drug-likeness (QED) is 0.929. The van der Waals surface area contributed by atoms with Crippen LogP contribution in [-0.2, 0) is 0 Å². The number of hydrogen-bond acceptors (Lipinski definition) is 4. The van der Waals surface area contributed by atoms with E-state index in [1.54, 1.807) is 44.6 Å². The lowest BCUT2D eigenvalue weighted by Gasteiger charge is -2.11. The normalized spacial score (nSPS) is 9.90. The first-order valence-electron chi connectivity index (χ1n) is 5.75. The van der Waals surface area contributed by atoms with Gasteiger partial charge in [0.05, 0.1) is 30.3 Å². The number of ether oxygens (including phenoxy) is 2. The van der Waals surface area contributed by atoms with Gasteiger partial charge in [-0.3, -0.25) is 0 Å². The lowest BCUT2D eigenvalue weighted by Crippen LogP contribution is -1.90. The van der Waals surface area contributed by atoms with Gasteiger partial charge < -0.3 is 14.6 Å². The van der Waals surface area contributed by atoms with E-state index in [-0.39, 0.29) is 5.75 Å². The van der Waals surface area contributed by atoms with Gasteiger partial charge in [0.15, 0.2) is 0 Å². The summed E-state index contributed by atoms with van der Waals surface area (Å²) in [7, 11) is 3.11. The van der Waals surface area contributed by atoms with Crippen LogP contribution in [0.5, 0.6) is 17.2 Å². The minimum atomic E-state index is 0.0688. The molecule has 0 saturated carbocycles. The van der Waals surface area contributed by atoms with E-state index in [1.807, 2.05) is 0 Å². The molecule has 0 aliphatic rings. The second-order valence-corrected chi connectivity index (χ2v) is 4.92. The van der Waals surface area contributed by atoms with Crippen LogP contribution < -0.4 is 9.47 Å². The number of methoxy groups -OCH3 is 2. The van der Waals surface area contributed by atoms with Crippen molar-refractivity contribution in [3.63, 3.8) is 0 Å². The fourth-order valence-corrected chi connectivity index (χ4v) is 2.31. The van der Waals surface area contributed by atoms with E-state index in [2.05, 4.69) is 22.0 Å². The highest BCUT2D eigenvalue weighted by Crippen LogP contribution is 2.39. The minimum Gasteiger partial charge on any atom is -0.506 e. The van der Waals surface area contributed by atoms with Crippen LogP contribution in [0.2, 0.25) is 0 Å². The Kier molecular flexibility index (Phi) is 4.16. The van der Waals surface area contributed by atoms with E-state index in [4.69, 9.17) is 14.7 Å². The molecule has 0 saturated heterocycles. The minimum absolute atomic E-state index is 0.0688. The van der Waals surface area contributed by atoms with Crippen LogP contribution in [-0.4, -0.2) is 19.3 Å². The van der Waals surface area contributed by atoms with Gasteiger partial charge in [-0.2, -0.15) is 5.26 Å². The third kappa shape index (κ3) is 2.70. The Morgan fingerprint density at radius 3 is 2.15 bits per heavy atom. The van der Waals surface area contributed by atoms with Crippen LogP contribution >= 0.6 is 15.9 Å². The van der Waals surface area contributed by atoms with Gasteiger partial charge in [-0.25, -0.2) is 0 Å². The van der Waals surface area contributed by atoms with Crippen LogP contribution in [0, 0.1) is 11.3 Å². The molecule has 4 nitrogen and oxygen atoms in total. The smallest absolute Gasteiger partial charge is 0.137 e. The maximum absolute atomic E-state index is 10.2. The van der Waals surface area contributed by atoms with Gasteiger partial charge in [0.1, 0.15) is 17.2 Å². The summed E-state index contributed by atoms with van der Waals surface area (Å²) in [6.45, 7) is 0. The molecule has 0 amide bonds. The van der Waals surface area contributed by atoms with Crippen molar-refractivity contribution >= 4 is 15.9 Å². The Balaban J connectivity index is 2.67. The van der Waals surface area contributed by atoms with Crippen molar-refractivity contribution in [1.82, 2.24) is 0 Å². The average Bonchev–Trinajstić information content (AvgIpc) is 2.49. The number of rotatable bonds is 3. The fraction of sp³-hybridized carbons (Fsp3) is 0.133. The monoisotopic (exact) mass is 333 g/mol. The van der Waals surface area contributed by atoms with E-state index in [9.17, 15) is 5.11 Å². The molecular weight excluding hydrogens is 322 g/mol. The summed E-state index contributed by atoms with van der Waals surface area (Å²) < 4.78 is 10.9. The molecule has 2 rings (SSSR count). The highest BCUT2D eigenvalue weighted by atomic mass is 79.9. The molecule has 0 aromatic heterocycles. The lowest BCUT2D eigenvalue weighted by atomic mass is 10.0. The molecular formula is C15H12BrNO3. The van der Waals surface area contributed by atoms with E-state index < -0.39 is 0 Å². The number of aromatic hydroxyl groups is 1. The average molecular weight is 334 g/mol. The van der Waals surface area contributed by atoms with Gasteiger partial charge in [-0.15, -0.1) is 0 Å². The second kappa shape index (κ2) is 5.85. The van der Waals surface area contributed by atoms with Crippen molar-refractivity contribution in [3.05, 3.63) is 40.4 Å². The zero-order chi connectivity index (χ0) is 14.7. The zero-order valence-corrected chi connectivity index (χ0v) is 12.6. The van der Waals surface area contributed by atoms with E-state index in [0.717, 1.165) is 0 Å². The molecule has 0 atom stereocenters. The third-order valence-electron chi connectivity index (χ3n) is 2.85. The Bertz CT molecular complexity index is 670. The summed E-state index contributed by atoms with van der Waals surface area (Å²) in [5, 5.41) is 19.2. The predicted octanol–water partition coefficient (Wildman–Crippen LogP) is 3.71. The first-order chi connectivity index (χ1) is 9.58. The van der Waals surface area contributed by atoms with Gasteiger partial charge in [-0.05, 0) is 45.8 Å². The first kappa shape index (κ1) is 14.2. The van der Waals surface area contributed by atoms with Gasteiger partial charge in [0.25, 0.3) is 0 Å². The van der Waals surface area contributed by atoms with Crippen LogP contribution in [0.3, 0.4) is 0 Å². The summed E-state index contributed by atoms with van der Waals surface area (Å²) >= 11 is 3.24. The van der Waals surface area contributed by atoms with Crippen molar-refractivity contribution in [2.24, 2.45) is 0 Å². The van der Waals surface area contributed by atoms with Crippen molar-refractivity contribution in [2.45, 2.75) is 0 Å². The number of phenolic OH excluding ortho intramolecular Hbond substituents is 1. The molecule has 0 heterocycles. The first-order valence-corrected chi connectivity index (χ1v) is 6.54. The molecule has 0 bridgehead atoms. The van der Waals surface area contributed by atoms with Gasteiger partial charge in [0.2, 0.25) is 0 Å². The fourth-order valence-electron chi connectivity index (χ4n) is 1.85. The number of nitrogens with zero attached hydrogens (tertiary/aromatic N) is 1.